The first kappa shape index (κ1) is 11.5. The molecule has 2 nitrogen and oxygen atoms in total. The molecule has 1 aliphatic rings. The number of rotatable bonds is 3. The first-order valence-electron chi connectivity index (χ1n) is 5.71. The monoisotopic (exact) mass is 238 g/mol. The maximum absolute atomic E-state index is 11.7. The fourth-order valence-corrected chi connectivity index (χ4v) is 2.21. The molecule has 1 atom stereocenters. The Morgan fingerprint density at radius 3 is 3.06 bits per heavy atom. The third-order valence-corrected chi connectivity index (χ3v) is 3.17. The van der Waals surface area contributed by atoms with Gasteiger partial charge in [-0.1, -0.05) is 31.4 Å². The van der Waals surface area contributed by atoms with Gasteiger partial charge < -0.3 is 4.74 Å². The van der Waals surface area contributed by atoms with Crippen LogP contribution < -0.4 is 4.74 Å². The van der Waals surface area contributed by atoms with Gasteiger partial charge in [0.2, 0.25) is 0 Å². The summed E-state index contributed by atoms with van der Waals surface area (Å²) >= 11 is 5.92. The summed E-state index contributed by atoms with van der Waals surface area (Å²) in [6.07, 6.45) is 3.83. The zero-order chi connectivity index (χ0) is 11.5. The van der Waals surface area contributed by atoms with E-state index in [-0.39, 0.29) is 11.9 Å². The summed E-state index contributed by atoms with van der Waals surface area (Å²) in [7, 11) is 0. The predicted octanol–water partition coefficient (Wildman–Crippen LogP) is 3.61. The molecular weight excluding hydrogens is 224 g/mol. The first-order chi connectivity index (χ1) is 7.70. The van der Waals surface area contributed by atoms with E-state index < -0.39 is 0 Å². The molecule has 0 spiro atoms. The van der Waals surface area contributed by atoms with Crippen molar-refractivity contribution >= 4 is 17.6 Å². The molecule has 0 saturated carbocycles. The van der Waals surface area contributed by atoms with E-state index in [0.717, 1.165) is 31.2 Å². The molecule has 0 saturated heterocycles. The second-order valence-electron chi connectivity index (χ2n) is 4.22. The predicted molar refractivity (Wildman–Crippen MR) is 63.8 cm³/mol. The zero-order valence-corrected chi connectivity index (χ0v) is 10.1. The summed E-state index contributed by atoms with van der Waals surface area (Å²) in [6, 6.07) is 5.41. The summed E-state index contributed by atoms with van der Waals surface area (Å²) in [6.45, 7) is 2.12. The number of unbranched alkanes of at least 4 members (excludes halogenated alkanes) is 1. The maximum atomic E-state index is 11.7. The highest BCUT2D eigenvalue weighted by Crippen LogP contribution is 2.32. The van der Waals surface area contributed by atoms with Crippen molar-refractivity contribution in [3.8, 4) is 5.75 Å². The summed E-state index contributed by atoms with van der Waals surface area (Å²) in [5.74, 6) is 0.580. The van der Waals surface area contributed by atoms with Crippen molar-refractivity contribution in [2.24, 2.45) is 5.92 Å². The molecular formula is C13H15ClO2. The van der Waals surface area contributed by atoms with E-state index in [4.69, 9.17) is 16.3 Å². The van der Waals surface area contributed by atoms with Crippen LogP contribution in [0.2, 0.25) is 5.02 Å². The van der Waals surface area contributed by atoms with Crippen molar-refractivity contribution in [1.29, 1.82) is 0 Å². The van der Waals surface area contributed by atoms with Gasteiger partial charge in [-0.3, -0.25) is 4.79 Å². The SMILES string of the molecule is CCCCC1Cc2cc(Cl)ccc2OC1=O. The number of carbonyl (C=O) groups is 1. The number of halogens is 1. The van der Waals surface area contributed by atoms with Crippen molar-refractivity contribution in [1.82, 2.24) is 0 Å². The Morgan fingerprint density at radius 2 is 2.31 bits per heavy atom. The quantitative estimate of drug-likeness (QED) is 0.594. The fraction of sp³-hybridized carbons (Fsp3) is 0.462. The Labute approximate surface area is 101 Å². The summed E-state index contributed by atoms with van der Waals surface area (Å²) < 4.78 is 5.30. The fourth-order valence-electron chi connectivity index (χ4n) is 2.02. The molecule has 0 amide bonds. The van der Waals surface area contributed by atoms with Crippen LogP contribution >= 0.6 is 11.6 Å². The third kappa shape index (κ3) is 2.38. The molecule has 1 aliphatic heterocycles. The van der Waals surface area contributed by atoms with Crippen LogP contribution in [0.15, 0.2) is 18.2 Å². The Bertz CT molecular complexity index is 401. The van der Waals surface area contributed by atoms with Crippen molar-refractivity contribution in [3.05, 3.63) is 28.8 Å². The normalized spacial score (nSPS) is 19.1. The van der Waals surface area contributed by atoms with Crippen LogP contribution in [0.25, 0.3) is 0 Å². The van der Waals surface area contributed by atoms with Gasteiger partial charge in [-0.15, -0.1) is 0 Å². The molecule has 1 heterocycles. The van der Waals surface area contributed by atoms with Gasteiger partial charge in [-0.2, -0.15) is 0 Å². The van der Waals surface area contributed by atoms with Crippen molar-refractivity contribution in [2.45, 2.75) is 32.6 Å². The van der Waals surface area contributed by atoms with Crippen LogP contribution in [0, 0.1) is 5.92 Å². The number of carbonyl (C=O) groups excluding carboxylic acids is 1. The van der Waals surface area contributed by atoms with Gasteiger partial charge in [0, 0.05) is 5.02 Å². The minimum atomic E-state index is -0.0942. The van der Waals surface area contributed by atoms with Gasteiger partial charge in [0.05, 0.1) is 5.92 Å². The van der Waals surface area contributed by atoms with Crippen molar-refractivity contribution in [2.75, 3.05) is 0 Å². The maximum Gasteiger partial charge on any atom is 0.314 e. The second-order valence-corrected chi connectivity index (χ2v) is 4.65. The highest BCUT2D eigenvalue weighted by Gasteiger charge is 2.27. The second kappa shape index (κ2) is 4.88. The van der Waals surface area contributed by atoms with Gasteiger partial charge in [0.25, 0.3) is 0 Å². The standard InChI is InChI=1S/C13H15ClO2/c1-2-3-4-9-7-10-8-11(14)5-6-12(10)16-13(9)15/h5-6,8-9H,2-4,7H2,1H3. The number of hydrogen-bond donors (Lipinski definition) is 0. The molecule has 0 aliphatic carbocycles. The topological polar surface area (TPSA) is 26.3 Å². The Morgan fingerprint density at radius 1 is 1.50 bits per heavy atom. The number of hydrogen-bond acceptors (Lipinski definition) is 2. The molecule has 2 rings (SSSR count). The third-order valence-electron chi connectivity index (χ3n) is 2.94. The van der Waals surface area contributed by atoms with Gasteiger partial charge in [0.15, 0.2) is 0 Å². The highest BCUT2D eigenvalue weighted by molar-refractivity contribution is 6.30. The zero-order valence-electron chi connectivity index (χ0n) is 9.33. The summed E-state index contributed by atoms with van der Waals surface area (Å²) in [4.78, 5) is 11.7. The van der Waals surface area contributed by atoms with E-state index in [0.29, 0.717) is 10.8 Å². The molecule has 0 radical (unpaired) electrons. The van der Waals surface area contributed by atoms with Crippen molar-refractivity contribution < 1.29 is 9.53 Å². The van der Waals surface area contributed by atoms with E-state index in [9.17, 15) is 4.79 Å². The smallest absolute Gasteiger partial charge is 0.314 e. The Hall–Kier alpha value is -1.02. The first-order valence-corrected chi connectivity index (χ1v) is 6.08. The summed E-state index contributed by atoms with van der Waals surface area (Å²) in [5.41, 5.74) is 1.05. The van der Waals surface area contributed by atoms with Crippen LogP contribution in [-0.4, -0.2) is 5.97 Å². The van der Waals surface area contributed by atoms with Crippen LogP contribution in [0.5, 0.6) is 5.75 Å². The molecule has 3 heteroatoms. The number of benzene rings is 1. The average Bonchev–Trinajstić information content (AvgIpc) is 2.27. The molecule has 0 fully saturated rings. The van der Waals surface area contributed by atoms with Crippen LogP contribution in [0.3, 0.4) is 0 Å². The molecule has 86 valence electrons. The van der Waals surface area contributed by atoms with Crippen LogP contribution in [0.1, 0.15) is 31.7 Å². The van der Waals surface area contributed by atoms with E-state index in [1.165, 1.54) is 0 Å². The largest absolute Gasteiger partial charge is 0.426 e. The molecule has 1 unspecified atom stereocenters. The lowest BCUT2D eigenvalue weighted by molar-refractivity contribution is -0.140. The molecule has 1 aromatic rings. The van der Waals surface area contributed by atoms with Crippen LogP contribution in [-0.2, 0) is 11.2 Å². The number of fused-ring (bicyclic) bond motifs is 1. The summed E-state index contributed by atoms with van der Waals surface area (Å²) in [5, 5.41) is 0.700. The van der Waals surface area contributed by atoms with Crippen LogP contribution in [0.4, 0.5) is 0 Å². The highest BCUT2D eigenvalue weighted by atomic mass is 35.5. The molecule has 16 heavy (non-hydrogen) atoms. The van der Waals surface area contributed by atoms with Gasteiger partial charge in [0.1, 0.15) is 5.75 Å². The van der Waals surface area contributed by atoms with Crippen molar-refractivity contribution in [3.63, 3.8) is 0 Å². The number of ether oxygens (including phenoxy) is 1. The number of esters is 1. The lowest BCUT2D eigenvalue weighted by Gasteiger charge is -2.23. The van der Waals surface area contributed by atoms with Gasteiger partial charge >= 0.3 is 5.97 Å². The molecule has 1 aromatic carbocycles. The lowest BCUT2D eigenvalue weighted by Crippen LogP contribution is -2.27. The molecule has 0 N–H and O–H groups in total. The van der Waals surface area contributed by atoms with E-state index in [1.54, 1.807) is 12.1 Å². The lowest BCUT2D eigenvalue weighted by atomic mass is 9.92. The molecule has 0 aromatic heterocycles. The average molecular weight is 239 g/mol. The Balaban J connectivity index is 2.16. The van der Waals surface area contributed by atoms with E-state index >= 15 is 0 Å². The van der Waals surface area contributed by atoms with Gasteiger partial charge in [-0.05, 0) is 36.6 Å². The van der Waals surface area contributed by atoms with E-state index in [2.05, 4.69) is 6.92 Å². The Kier molecular flexibility index (Phi) is 3.49. The minimum absolute atomic E-state index is 0.00548. The molecule has 0 bridgehead atoms. The van der Waals surface area contributed by atoms with E-state index in [1.807, 2.05) is 6.07 Å². The van der Waals surface area contributed by atoms with Gasteiger partial charge in [-0.25, -0.2) is 0 Å². The minimum Gasteiger partial charge on any atom is -0.426 e.